The maximum absolute atomic E-state index is 14.0. The van der Waals surface area contributed by atoms with Crippen molar-refractivity contribution in [2.24, 2.45) is 4.99 Å². The maximum atomic E-state index is 14.0. The molecule has 2 aromatic carbocycles. The molecule has 1 aliphatic carbocycles. The van der Waals surface area contributed by atoms with Crippen molar-refractivity contribution in [3.63, 3.8) is 0 Å². The number of nitrogens with zero attached hydrogens (tertiary/aromatic N) is 3. The molecule has 2 aromatic rings. The van der Waals surface area contributed by atoms with E-state index in [0.29, 0.717) is 31.9 Å². The summed E-state index contributed by atoms with van der Waals surface area (Å²) in [5.74, 6) is -1.17. The highest BCUT2D eigenvalue weighted by Crippen LogP contribution is 2.39. The van der Waals surface area contributed by atoms with Crippen LogP contribution >= 0.6 is 0 Å². The third-order valence-corrected chi connectivity index (χ3v) is 6.69. The van der Waals surface area contributed by atoms with Gasteiger partial charge in [0.05, 0.1) is 11.7 Å². The van der Waals surface area contributed by atoms with Gasteiger partial charge in [0.25, 0.3) is 0 Å². The van der Waals surface area contributed by atoms with E-state index in [9.17, 15) is 18.0 Å². The number of amides is 2. The van der Waals surface area contributed by atoms with Crippen LogP contribution in [0.4, 0.5) is 23.7 Å². The van der Waals surface area contributed by atoms with E-state index in [1.54, 1.807) is 12.1 Å². The zero-order valence-electron chi connectivity index (χ0n) is 17.7. The quantitative estimate of drug-likeness (QED) is 0.751. The van der Waals surface area contributed by atoms with Crippen molar-refractivity contribution in [1.29, 1.82) is 0 Å². The summed E-state index contributed by atoms with van der Waals surface area (Å²) in [5.41, 5.74) is 0.318. The summed E-state index contributed by atoms with van der Waals surface area (Å²) in [6.45, 7) is 1.72. The molecule has 3 aliphatic rings. The van der Waals surface area contributed by atoms with Gasteiger partial charge in [-0.15, -0.1) is 0 Å². The van der Waals surface area contributed by atoms with Crippen LogP contribution < -0.4 is 10.2 Å². The fraction of sp³-hybridized carbons (Fsp3) is 0.417. The predicted molar refractivity (Wildman–Crippen MR) is 116 cm³/mol. The lowest BCUT2D eigenvalue weighted by Crippen LogP contribution is -2.52. The summed E-state index contributed by atoms with van der Waals surface area (Å²) in [5, 5.41) is 2.91. The first kappa shape index (κ1) is 21.0. The molecule has 1 spiro atoms. The number of likely N-dealkylation sites (tertiary alicyclic amines) is 1. The highest BCUT2D eigenvalue weighted by atomic mass is 19.1. The van der Waals surface area contributed by atoms with Gasteiger partial charge in [0, 0.05) is 25.7 Å². The number of rotatable bonds is 4. The monoisotopic (exact) mass is 442 g/mol. The lowest BCUT2D eigenvalue weighted by atomic mass is 9.95. The Hall–Kier alpha value is -2.87. The van der Waals surface area contributed by atoms with E-state index in [0.717, 1.165) is 37.3 Å². The van der Waals surface area contributed by atoms with Crippen LogP contribution in [0.1, 0.15) is 37.7 Å². The van der Waals surface area contributed by atoms with Crippen molar-refractivity contribution in [3.8, 4) is 0 Å². The molecule has 1 N–H and O–H groups in total. The first-order chi connectivity index (χ1) is 15.4. The molecule has 1 saturated carbocycles. The van der Waals surface area contributed by atoms with E-state index < -0.39 is 23.2 Å². The molecule has 0 bridgehead atoms. The number of urea groups is 1. The molecule has 2 saturated heterocycles. The third kappa shape index (κ3) is 3.88. The number of hydrogen-bond acceptors (Lipinski definition) is 3. The Morgan fingerprint density at radius 1 is 1.00 bits per heavy atom. The number of hydrogen-bond donors (Lipinski definition) is 1. The number of halogens is 3. The zero-order valence-corrected chi connectivity index (χ0v) is 17.7. The molecule has 168 valence electrons. The minimum atomic E-state index is -0.820. The van der Waals surface area contributed by atoms with E-state index in [1.165, 1.54) is 29.2 Å². The Bertz CT molecular complexity index is 1030. The molecule has 1 atom stereocenters. The van der Waals surface area contributed by atoms with Gasteiger partial charge in [0.1, 0.15) is 28.8 Å². The average molecular weight is 442 g/mol. The minimum Gasteiger partial charge on any atom is -0.296 e. The molecular formula is C24H25F3N4O. The number of benzene rings is 2. The molecule has 3 fully saturated rings. The molecule has 1 unspecified atom stereocenters. The van der Waals surface area contributed by atoms with Crippen LogP contribution in [0.3, 0.4) is 0 Å². The Labute approximate surface area is 184 Å². The number of carbonyl (C=O) groups excluding carboxylic acids is 1. The van der Waals surface area contributed by atoms with Crippen molar-refractivity contribution >= 4 is 17.6 Å². The SMILES string of the molecule is O=C1NC(=NC2CCCC2)C2(CCN(Cc3ccc(F)cc3)C2)N1c1cc(F)cc(F)c1. The fourth-order valence-corrected chi connectivity index (χ4v) is 5.20. The molecule has 32 heavy (non-hydrogen) atoms. The smallest absolute Gasteiger partial charge is 0.296 e. The summed E-state index contributed by atoms with van der Waals surface area (Å²) >= 11 is 0. The number of anilines is 1. The van der Waals surface area contributed by atoms with Gasteiger partial charge in [-0.1, -0.05) is 25.0 Å². The van der Waals surface area contributed by atoms with Crippen molar-refractivity contribution < 1.29 is 18.0 Å². The van der Waals surface area contributed by atoms with Gasteiger partial charge in [-0.2, -0.15) is 0 Å². The molecule has 2 aliphatic heterocycles. The predicted octanol–water partition coefficient (Wildman–Crippen LogP) is 4.62. The second kappa shape index (κ2) is 8.24. The van der Waals surface area contributed by atoms with Crippen LogP contribution in [0.25, 0.3) is 0 Å². The van der Waals surface area contributed by atoms with Crippen molar-refractivity contribution in [2.45, 2.75) is 50.2 Å². The highest BCUT2D eigenvalue weighted by molar-refractivity contribution is 6.19. The average Bonchev–Trinajstić information content (AvgIpc) is 3.45. The molecule has 2 heterocycles. The standard InChI is InChI=1S/C24H25F3N4O/c25-17-7-5-16(6-8-17)14-30-10-9-24(15-30)22(28-20-3-1-2-4-20)29-23(32)31(24)21-12-18(26)11-19(27)13-21/h5-8,11-13,20H,1-4,9-10,14-15H2,(H,28,29,32). The second-order valence-corrected chi connectivity index (χ2v) is 8.93. The van der Waals surface area contributed by atoms with Crippen LogP contribution in [0, 0.1) is 17.5 Å². The number of nitrogens with one attached hydrogen (secondary N) is 1. The summed E-state index contributed by atoms with van der Waals surface area (Å²) < 4.78 is 41.4. The second-order valence-electron chi connectivity index (χ2n) is 8.93. The lowest BCUT2D eigenvalue weighted by molar-refractivity contribution is 0.250. The van der Waals surface area contributed by atoms with Crippen molar-refractivity contribution in [2.75, 3.05) is 18.0 Å². The molecule has 5 rings (SSSR count). The van der Waals surface area contributed by atoms with Gasteiger partial charge in [-0.05, 0) is 49.1 Å². The summed E-state index contributed by atoms with van der Waals surface area (Å²) in [6.07, 6.45) is 4.75. The topological polar surface area (TPSA) is 47.9 Å². The van der Waals surface area contributed by atoms with Gasteiger partial charge >= 0.3 is 6.03 Å². The van der Waals surface area contributed by atoms with Crippen LogP contribution in [-0.2, 0) is 6.54 Å². The van der Waals surface area contributed by atoms with Crippen molar-refractivity contribution in [1.82, 2.24) is 10.2 Å². The summed E-state index contributed by atoms with van der Waals surface area (Å²) in [7, 11) is 0. The van der Waals surface area contributed by atoms with Crippen LogP contribution in [0.15, 0.2) is 47.5 Å². The fourth-order valence-electron chi connectivity index (χ4n) is 5.20. The first-order valence-electron chi connectivity index (χ1n) is 11.1. The first-order valence-corrected chi connectivity index (χ1v) is 11.1. The molecule has 0 aromatic heterocycles. The number of carbonyl (C=O) groups is 1. The van der Waals surface area contributed by atoms with Gasteiger partial charge in [0.15, 0.2) is 0 Å². The maximum Gasteiger partial charge on any atom is 0.328 e. The molecule has 2 amide bonds. The van der Waals surface area contributed by atoms with E-state index >= 15 is 0 Å². The number of amidine groups is 1. The largest absolute Gasteiger partial charge is 0.328 e. The Morgan fingerprint density at radius 3 is 2.38 bits per heavy atom. The molecule has 8 heteroatoms. The van der Waals surface area contributed by atoms with Gasteiger partial charge < -0.3 is 0 Å². The molecule has 0 radical (unpaired) electrons. The Morgan fingerprint density at radius 2 is 1.69 bits per heavy atom. The molecular weight excluding hydrogens is 417 g/mol. The minimum absolute atomic E-state index is 0.150. The third-order valence-electron chi connectivity index (χ3n) is 6.69. The van der Waals surface area contributed by atoms with E-state index in [4.69, 9.17) is 4.99 Å². The summed E-state index contributed by atoms with van der Waals surface area (Å²) in [6, 6.07) is 9.24. The van der Waals surface area contributed by atoms with E-state index in [1.807, 2.05) is 0 Å². The summed E-state index contributed by atoms with van der Waals surface area (Å²) in [4.78, 5) is 21.6. The van der Waals surface area contributed by atoms with Crippen LogP contribution in [0.5, 0.6) is 0 Å². The normalized spacial score (nSPS) is 25.4. The molecule has 5 nitrogen and oxygen atoms in total. The zero-order chi connectivity index (χ0) is 22.3. The van der Waals surface area contributed by atoms with Gasteiger partial charge in [0.2, 0.25) is 0 Å². The highest BCUT2D eigenvalue weighted by Gasteiger charge is 2.55. The van der Waals surface area contributed by atoms with E-state index in [-0.39, 0.29) is 17.5 Å². The Kier molecular flexibility index (Phi) is 5.41. The number of aliphatic imine (C=N–C) groups is 1. The van der Waals surface area contributed by atoms with Gasteiger partial charge in [-0.25, -0.2) is 18.0 Å². The van der Waals surface area contributed by atoms with Crippen molar-refractivity contribution in [3.05, 3.63) is 65.5 Å². The van der Waals surface area contributed by atoms with E-state index in [2.05, 4.69) is 10.2 Å². The van der Waals surface area contributed by atoms with Crippen LogP contribution in [0.2, 0.25) is 0 Å². The lowest BCUT2D eigenvalue weighted by Gasteiger charge is -2.34. The van der Waals surface area contributed by atoms with Gasteiger partial charge in [-0.3, -0.25) is 20.1 Å². The Balaban J connectivity index is 1.50. The van der Waals surface area contributed by atoms with Crippen LogP contribution in [-0.4, -0.2) is 41.4 Å².